The van der Waals surface area contributed by atoms with Crippen molar-refractivity contribution in [2.24, 2.45) is 0 Å². The Morgan fingerprint density at radius 1 is 0.917 bits per heavy atom. The molecule has 8 nitrogen and oxygen atoms in total. The quantitative estimate of drug-likeness (QED) is 0.317. The third-order valence-corrected chi connectivity index (χ3v) is 0. The summed E-state index contributed by atoms with van der Waals surface area (Å²) in [5, 5.41) is 0. The van der Waals surface area contributed by atoms with E-state index in [9.17, 15) is 0 Å². The second kappa shape index (κ2) is 29.2. The van der Waals surface area contributed by atoms with Crippen LogP contribution in [0.2, 0.25) is 0 Å². The molecule has 12 heteroatoms. The van der Waals surface area contributed by atoms with Crippen molar-refractivity contribution < 1.29 is 84.3 Å². The molecule has 0 aliphatic carbocycles. The summed E-state index contributed by atoms with van der Waals surface area (Å²) in [7, 11) is -4.67. The van der Waals surface area contributed by atoms with Crippen LogP contribution in [0.1, 0.15) is 4.28 Å². The minimum Gasteiger partial charge on any atom is -1.00 e. The van der Waals surface area contributed by atoms with E-state index in [0.29, 0.717) is 0 Å². The van der Waals surface area contributed by atoms with Crippen LogP contribution in [0, 0.1) is 0 Å². The van der Waals surface area contributed by atoms with Gasteiger partial charge in [0.1, 0.15) is 0 Å². The Morgan fingerprint density at radius 2 is 0.917 bits per heavy atom. The van der Waals surface area contributed by atoms with E-state index in [1.54, 1.807) is 0 Å². The molecule has 0 aliphatic rings. The molecule has 0 aromatic carbocycles. The minimum absolute atomic E-state index is 0. The summed E-state index contributed by atoms with van der Waals surface area (Å²) < 4.78 is 31.6. The predicted molar refractivity (Wildman–Crippen MR) is 37.7 cm³/mol. The summed E-state index contributed by atoms with van der Waals surface area (Å²) in [4.78, 5) is 0. The van der Waals surface area contributed by atoms with Crippen molar-refractivity contribution in [3.8, 4) is 0 Å². The maximum absolute atomic E-state index is 8.74. The van der Waals surface area contributed by atoms with Gasteiger partial charge in [0.05, 0.1) is 0 Å². The third kappa shape index (κ3) is 252. The monoisotopic (exact) mass is 366 g/mol. The zero-order valence-electron chi connectivity index (χ0n) is 9.33. The van der Waals surface area contributed by atoms with Gasteiger partial charge in [-0.25, -0.2) is 0 Å². The van der Waals surface area contributed by atoms with Crippen LogP contribution >= 0.6 is 0 Å². The van der Waals surface area contributed by atoms with Crippen LogP contribution in [-0.4, -0.2) is 88.3 Å². The average molecular weight is 365 g/mol. The molecule has 0 aliphatic heterocycles. The van der Waals surface area contributed by atoms with Gasteiger partial charge in [-0.1, -0.05) is 0 Å². The maximum atomic E-state index is 8.74. The van der Waals surface area contributed by atoms with Crippen molar-refractivity contribution in [1.29, 1.82) is 0 Å². The molecule has 0 amide bonds. The van der Waals surface area contributed by atoms with E-state index in [0.717, 1.165) is 0 Å². The SMILES string of the molecule is O.O.O.O.O=S(=O)(O)O.[Ba+2].[H-].[H-].[H-].[Li+].[Ti]. The van der Waals surface area contributed by atoms with E-state index in [2.05, 4.69) is 0 Å². The number of rotatable bonds is 0. The molecule has 0 radical (unpaired) electrons. The van der Waals surface area contributed by atoms with E-state index in [1.165, 1.54) is 0 Å². The Balaban J connectivity index is -0.00000000178. The summed E-state index contributed by atoms with van der Waals surface area (Å²) in [6.07, 6.45) is 0. The van der Waals surface area contributed by atoms with Crippen molar-refractivity contribution in [1.82, 2.24) is 0 Å². The Labute approximate surface area is 141 Å². The van der Waals surface area contributed by atoms with Gasteiger partial charge in [-0.2, -0.15) is 8.42 Å². The van der Waals surface area contributed by atoms with Crippen LogP contribution in [0.15, 0.2) is 0 Å². The topological polar surface area (TPSA) is 201 Å². The van der Waals surface area contributed by atoms with Gasteiger partial charge in [-0.3, -0.25) is 9.11 Å². The van der Waals surface area contributed by atoms with Gasteiger partial charge < -0.3 is 26.2 Å². The molecule has 74 valence electrons. The molecule has 10 N–H and O–H groups in total. The standard InChI is InChI=1S/Ba.Li.H2O4S.4H2O.Ti.3H/c;;1-5(2,3)4;;;;;;;;/h;;(H2,1,2,3,4);4*1H2;;;;/q+2;+1;;;;;;;3*-1. The first-order chi connectivity index (χ1) is 2.00. The second-order valence-corrected chi connectivity index (χ2v) is 1.34. The van der Waals surface area contributed by atoms with Crippen molar-refractivity contribution in [3.63, 3.8) is 0 Å². The first kappa shape index (κ1) is 62.0. The van der Waals surface area contributed by atoms with Crippen LogP contribution in [0.3, 0.4) is 0 Å². The van der Waals surface area contributed by atoms with E-state index in [4.69, 9.17) is 17.5 Å². The summed E-state index contributed by atoms with van der Waals surface area (Å²) in [5.74, 6) is 0. The molecule has 0 heterocycles. The molecule has 0 saturated carbocycles. The number of hydrogen-bond acceptors (Lipinski definition) is 2. The molecule has 0 saturated heterocycles. The zero-order valence-corrected chi connectivity index (χ0v) is 13.1. The molecule has 0 rings (SSSR count). The zero-order chi connectivity index (χ0) is 4.50. The minimum atomic E-state index is -4.67. The molecule has 0 spiro atoms. The molecular formula is H13BaLiO8STi. The van der Waals surface area contributed by atoms with Crippen molar-refractivity contribution in [3.05, 3.63) is 0 Å². The van der Waals surface area contributed by atoms with Crippen molar-refractivity contribution in [2.75, 3.05) is 0 Å². The fraction of sp³-hybridized carbons (Fsp3) is 0. The first-order valence-corrected chi connectivity index (χ1v) is 2.10. The van der Waals surface area contributed by atoms with Crippen LogP contribution in [0.4, 0.5) is 0 Å². The van der Waals surface area contributed by atoms with Gasteiger partial charge >= 0.3 is 78.1 Å². The summed E-state index contributed by atoms with van der Waals surface area (Å²) in [6, 6.07) is 0. The van der Waals surface area contributed by atoms with Crippen molar-refractivity contribution in [2.45, 2.75) is 0 Å². The van der Waals surface area contributed by atoms with E-state index >= 15 is 0 Å². The van der Waals surface area contributed by atoms with Gasteiger partial charge in [-0.15, -0.1) is 0 Å². The molecule has 0 fully saturated rings. The first-order valence-electron chi connectivity index (χ1n) is 0.698. The normalized spacial score (nSPS) is 4.83. The Bertz CT molecular complexity index is 113. The van der Waals surface area contributed by atoms with Crippen LogP contribution in [-0.2, 0) is 32.1 Å². The van der Waals surface area contributed by atoms with E-state index in [-0.39, 0.29) is 116 Å². The molecular weight excluding hydrogens is 352 g/mol. The summed E-state index contributed by atoms with van der Waals surface area (Å²) in [5.41, 5.74) is 0. The van der Waals surface area contributed by atoms with Gasteiger partial charge in [-0.05, 0) is 0 Å². The van der Waals surface area contributed by atoms with Crippen molar-refractivity contribution >= 4 is 59.3 Å². The smallest absolute Gasteiger partial charge is 1.00 e. The Kier molecular flexibility index (Phi) is 151. The van der Waals surface area contributed by atoms with Crippen LogP contribution < -0.4 is 18.9 Å². The fourth-order valence-corrected chi connectivity index (χ4v) is 0. The van der Waals surface area contributed by atoms with Gasteiger partial charge in [0.15, 0.2) is 0 Å². The maximum Gasteiger partial charge on any atom is 2.00 e. The average Bonchev–Trinajstić information content (AvgIpc) is 0.722. The third-order valence-electron chi connectivity index (χ3n) is 0. The molecule has 0 aromatic heterocycles. The largest absolute Gasteiger partial charge is 2.00 e. The summed E-state index contributed by atoms with van der Waals surface area (Å²) in [6.45, 7) is 0. The Morgan fingerprint density at radius 3 is 0.917 bits per heavy atom. The van der Waals surface area contributed by atoms with Gasteiger partial charge in [0.2, 0.25) is 0 Å². The second-order valence-electron chi connectivity index (χ2n) is 0.448. The molecule has 0 atom stereocenters. The fourth-order valence-electron chi connectivity index (χ4n) is 0. The number of hydrogen-bond donors (Lipinski definition) is 2. The summed E-state index contributed by atoms with van der Waals surface area (Å²) >= 11 is 0. The molecule has 0 unspecified atom stereocenters. The molecule has 0 aromatic rings. The van der Waals surface area contributed by atoms with Gasteiger partial charge in [0.25, 0.3) is 0 Å². The van der Waals surface area contributed by atoms with E-state index in [1.807, 2.05) is 0 Å². The predicted octanol–water partition coefficient (Wildman–Crippen LogP) is -6.99. The van der Waals surface area contributed by atoms with Crippen LogP contribution in [0.5, 0.6) is 0 Å². The Hall–Kier alpha value is 2.59. The van der Waals surface area contributed by atoms with E-state index < -0.39 is 10.4 Å². The van der Waals surface area contributed by atoms with Gasteiger partial charge in [0, 0.05) is 21.7 Å². The van der Waals surface area contributed by atoms with Crippen LogP contribution in [0.25, 0.3) is 0 Å². The molecule has 12 heavy (non-hydrogen) atoms. The molecule has 0 bridgehead atoms.